The number of benzene rings is 2. The van der Waals surface area contributed by atoms with E-state index in [0.29, 0.717) is 49.2 Å². The smallest absolute Gasteiger partial charge is 0.486 e. The Morgan fingerprint density at radius 2 is 1.70 bits per heavy atom. The summed E-state index contributed by atoms with van der Waals surface area (Å²) in [5.41, 5.74) is 3.96. The number of pyridine rings is 1. The lowest BCUT2D eigenvalue weighted by molar-refractivity contribution is -0.192. The molecule has 2 aliphatic heterocycles. The Bertz CT molecular complexity index is 1380. The molecule has 1 N–H and O–H groups in total. The van der Waals surface area contributed by atoms with Gasteiger partial charge in [0.15, 0.2) is 5.78 Å². The number of hydrogen-bond acceptors (Lipinski definition) is 5. The van der Waals surface area contributed by atoms with Crippen molar-refractivity contribution in [3.63, 3.8) is 0 Å². The van der Waals surface area contributed by atoms with E-state index in [1.807, 2.05) is 61.2 Å². The summed E-state index contributed by atoms with van der Waals surface area (Å²) in [5.74, 6) is -1.91. The first kappa shape index (κ1) is 26.1. The largest absolute Gasteiger partial charge is 0.490 e. The molecule has 1 aromatic heterocycles. The summed E-state index contributed by atoms with van der Waals surface area (Å²) in [7, 11) is 0. The third-order valence-corrected chi connectivity index (χ3v) is 6.76. The third kappa shape index (κ3) is 5.58. The van der Waals surface area contributed by atoms with Crippen molar-refractivity contribution in [2.75, 3.05) is 13.1 Å². The highest BCUT2D eigenvalue weighted by molar-refractivity contribution is 6.01. The fraction of sp³-hybridized carbons (Fsp3) is 0.333. The number of ether oxygens (including phenoxy) is 1. The van der Waals surface area contributed by atoms with Crippen LogP contribution in [0.5, 0.6) is 5.75 Å². The Labute approximate surface area is 210 Å². The van der Waals surface area contributed by atoms with Gasteiger partial charge in [0.25, 0.3) is 5.91 Å². The second-order valence-electron chi connectivity index (χ2n) is 9.32. The van der Waals surface area contributed by atoms with Crippen molar-refractivity contribution in [3.05, 3.63) is 70.9 Å². The van der Waals surface area contributed by atoms with Gasteiger partial charge in [-0.05, 0) is 61.4 Å². The van der Waals surface area contributed by atoms with Gasteiger partial charge in [-0.3, -0.25) is 14.6 Å². The van der Waals surface area contributed by atoms with Crippen LogP contribution in [0.2, 0.25) is 0 Å². The van der Waals surface area contributed by atoms with Gasteiger partial charge in [0.05, 0.1) is 17.5 Å². The molecule has 37 heavy (non-hydrogen) atoms. The van der Waals surface area contributed by atoms with Crippen LogP contribution in [-0.2, 0) is 4.79 Å². The molecule has 0 radical (unpaired) electrons. The molecule has 1 amide bonds. The van der Waals surface area contributed by atoms with Crippen LogP contribution < -0.4 is 4.74 Å². The van der Waals surface area contributed by atoms with E-state index >= 15 is 0 Å². The Morgan fingerprint density at radius 3 is 2.35 bits per heavy atom. The normalized spacial score (nSPS) is 16.5. The fourth-order valence-corrected chi connectivity index (χ4v) is 4.54. The Morgan fingerprint density at radius 1 is 1.05 bits per heavy atom. The predicted octanol–water partition coefficient (Wildman–Crippen LogP) is 5.13. The van der Waals surface area contributed by atoms with E-state index in [1.165, 1.54) is 0 Å². The van der Waals surface area contributed by atoms with Crippen LogP contribution in [-0.4, -0.2) is 57.5 Å². The average Bonchev–Trinajstić information content (AvgIpc) is 2.85. The van der Waals surface area contributed by atoms with E-state index in [-0.39, 0.29) is 11.7 Å². The monoisotopic (exact) mass is 514 g/mol. The molecule has 1 spiro atoms. The number of rotatable bonds is 1. The first-order valence-corrected chi connectivity index (χ1v) is 11.7. The quantitative estimate of drug-likeness (QED) is 0.484. The summed E-state index contributed by atoms with van der Waals surface area (Å²) < 4.78 is 38.1. The van der Waals surface area contributed by atoms with Crippen molar-refractivity contribution in [2.24, 2.45) is 0 Å². The predicted molar refractivity (Wildman–Crippen MR) is 129 cm³/mol. The zero-order valence-corrected chi connectivity index (χ0v) is 20.3. The highest BCUT2D eigenvalue weighted by Crippen LogP contribution is 2.40. The highest BCUT2D eigenvalue weighted by Gasteiger charge is 2.44. The fourth-order valence-electron chi connectivity index (χ4n) is 4.54. The zero-order valence-electron chi connectivity index (χ0n) is 20.3. The number of carboxylic acid groups (broad SMARTS) is 1. The lowest BCUT2D eigenvalue weighted by Gasteiger charge is -2.44. The molecule has 2 aromatic carbocycles. The number of fused-ring (bicyclic) bond motifs is 2. The molecular formula is C27H25F3N2O5. The minimum absolute atomic E-state index is 0.0182. The minimum Gasteiger partial charge on any atom is -0.486 e. The van der Waals surface area contributed by atoms with Gasteiger partial charge >= 0.3 is 12.1 Å². The first-order valence-electron chi connectivity index (χ1n) is 11.7. The van der Waals surface area contributed by atoms with Crippen LogP contribution in [0.4, 0.5) is 13.2 Å². The number of nitrogens with zero attached hydrogens (tertiary/aromatic N) is 2. The SMILES string of the molecule is Cc1cc2c(cc1C)C(=O)CC1(CCN(C(=O)c3ccc4ncccc4c3)CC1)O2.O=C(O)C(F)(F)F. The summed E-state index contributed by atoms with van der Waals surface area (Å²) in [6.45, 7) is 5.21. The lowest BCUT2D eigenvalue weighted by Crippen LogP contribution is -2.52. The zero-order chi connectivity index (χ0) is 27.0. The number of hydrogen-bond donors (Lipinski definition) is 1. The molecule has 0 unspecified atom stereocenters. The summed E-state index contributed by atoms with van der Waals surface area (Å²) in [6.07, 6.45) is -1.63. The maximum atomic E-state index is 13.1. The van der Waals surface area contributed by atoms with Gasteiger partial charge in [-0.15, -0.1) is 0 Å². The average molecular weight is 515 g/mol. The summed E-state index contributed by atoms with van der Waals surface area (Å²) in [6, 6.07) is 13.4. The number of carboxylic acids is 1. The van der Waals surface area contributed by atoms with Crippen molar-refractivity contribution in [1.29, 1.82) is 0 Å². The number of aliphatic carboxylic acids is 1. The molecular weight excluding hydrogens is 489 g/mol. The first-order chi connectivity index (χ1) is 17.4. The molecule has 5 rings (SSSR count). The van der Waals surface area contributed by atoms with Crippen LogP contribution in [0, 0.1) is 13.8 Å². The molecule has 0 saturated carbocycles. The Balaban J connectivity index is 0.000000405. The number of Topliss-reactive ketones (excluding diaryl/α,β-unsaturated/α-hetero) is 1. The molecule has 1 fully saturated rings. The van der Waals surface area contributed by atoms with E-state index in [0.717, 1.165) is 22.0 Å². The maximum absolute atomic E-state index is 13.1. The Kier molecular flexibility index (Phi) is 6.94. The van der Waals surface area contributed by atoms with Crippen molar-refractivity contribution in [3.8, 4) is 5.75 Å². The van der Waals surface area contributed by atoms with Gasteiger partial charge in [0, 0.05) is 43.1 Å². The number of halogens is 3. The molecule has 3 heterocycles. The second kappa shape index (κ2) is 9.84. The Hall–Kier alpha value is -3.95. The van der Waals surface area contributed by atoms with E-state index in [2.05, 4.69) is 4.98 Å². The number of aromatic nitrogens is 1. The van der Waals surface area contributed by atoms with Crippen LogP contribution in [0.1, 0.15) is 51.1 Å². The van der Waals surface area contributed by atoms with Crippen molar-refractivity contribution in [2.45, 2.75) is 44.9 Å². The maximum Gasteiger partial charge on any atom is 0.490 e. The van der Waals surface area contributed by atoms with Crippen LogP contribution in [0.3, 0.4) is 0 Å². The molecule has 0 atom stereocenters. The lowest BCUT2D eigenvalue weighted by atomic mass is 9.81. The topological polar surface area (TPSA) is 96.8 Å². The third-order valence-electron chi connectivity index (χ3n) is 6.76. The van der Waals surface area contributed by atoms with Crippen LogP contribution >= 0.6 is 0 Å². The summed E-state index contributed by atoms with van der Waals surface area (Å²) in [5, 5.41) is 8.08. The number of amides is 1. The van der Waals surface area contributed by atoms with E-state index in [4.69, 9.17) is 14.6 Å². The molecule has 0 bridgehead atoms. The highest BCUT2D eigenvalue weighted by atomic mass is 19.4. The number of carbonyl (C=O) groups is 3. The number of piperidine rings is 1. The molecule has 3 aromatic rings. The van der Waals surface area contributed by atoms with Gasteiger partial charge in [-0.1, -0.05) is 6.07 Å². The number of carbonyl (C=O) groups excluding carboxylic acids is 2. The van der Waals surface area contributed by atoms with E-state index in [9.17, 15) is 22.8 Å². The van der Waals surface area contributed by atoms with Crippen molar-refractivity contribution >= 4 is 28.6 Å². The van der Waals surface area contributed by atoms with Crippen LogP contribution in [0.25, 0.3) is 10.9 Å². The number of alkyl halides is 3. The molecule has 0 aliphatic carbocycles. The van der Waals surface area contributed by atoms with Gasteiger partial charge in [-0.2, -0.15) is 13.2 Å². The molecule has 194 valence electrons. The standard InChI is InChI=1S/C25H24N2O3.C2HF3O2/c1-16-12-20-22(28)15-25(30-23(20)13-17(16)2)7-10-27(11-8-25)24(29)19-5-6-21-18(14-19)4-3-9-26-21;3-2(4,5)1(6)7/h3-6,9,12-14H,7-8,10-11,15H2,1-2H3;(H,6,7). The molecule has 7 nitrogen and oxygen atoms in total. The van der Waals surface area contributed by atoms with E-state index in [1.54, 1.807) is 6.20 Å². The van der Waals surface area contributed by atoms with Gasteiger partial charge in [0.2, 0.25) is 0 Å². The summed E-state index contributed by atoms with van der Waals surface area (Å²) >= 11 is 0. The van der Waals surface area contributed by atoms with Crippen molar-refractivity contribution in [1.82, 2.24) is 9.88 Å². The minimum atomic E-state index is -5.08. The van der Waals surface area contributed by atoms with E-state index < -0.39 is 17.7 Å². The van der Waals surface area contributed by atoms with Gasteiger partial charge < -0.3 is 14.7 Å². The second-order valence-corrected chi connectivity index (χ2v) is 9.32. The molecule has 2 aliphatic rings. The molecule has 10 heteroatoms. The number of aryl methyl sites for hydroxylation is 2. The van der Waals surface area contributed by atoms with Gasteiger partial charge in [0.1, 0.15) is 11.4 Å². The molecule has 1 saturated heterocycles. The van der Waals surface area contributed by atoms with Crippen molar-refractivity contribution < 1.29 is 37.4 Å². The number of ketones is 1. The summed E-state index contributed by atoms with van der Waals surface area (Å²) in [4.78, 5) is 41.0. The number of likely N-dealkylation sites (tertiary alicyclic amines) is 1. The van der Waals surface area contributed by atoms with Crippen LogP contribution in [0.15, 0.2) is 48.7 Å². The van der Waals surface area contributed by atoms with Gasteiger partial charge in [-0.25, -0.2) is 4.79 Å².